The minimum atomic E-state index is -0.240. The van der Waals surface area contributed by atoms with E-state index in [1.165, 1.54) is 30.4 Å². The van der Waals surface area contributed by atoms with Crippen LogP contribution in [0.15, 0.2) is 35.3 Å². The number of rotatable bonds is 5. The zero-order valence-corrected chi connectivity index (χ0v) is 17.3. The second-order valence-corrected chi connectivity index (χ2v) is 8.56. The van der Waals surface area contributed by atoms with Gasteiger partial charge in [-0.2, -0.15) is 0 Å². The van der Waals surface area contributed by atoms with Gasteiger partial charge in [0.15, 0.2) is 0 Å². The molecule has 2 aliphatic rings. The van der Waals surface area contributed by atoms with Crippen molar-refractivity contribution in [3.05, 3.63) is 57.5 Å². The van der Waals surface area contributed by atoms with Crippen LogP contribution in [0.4, 0.5) is 11.4 Å². The number of benzene rings is 1. The number of nitrogens with one attached hydrogen (secondary N) is 4. The monoisotopic (exact) mass is 393 g/mol. The first-order valence-electron chi connectivity index (χ1n) is 10.7. The van der Waals surface area contributed by atoms with Gasteiger partial charge in [-0.05, 0) is 56.0 Å². The van der Waals surface area contributed by atoms with E-state index in [1.54, 1.807) is 6.20 Å². The summed E-state index contributed by atoms with van der Waals surface area (Å²) in [6, 6.07) is 8.99. The molecule has 6 nitrogen and oxygen atoms in total. The van der Waals surface area contributed by atoms with Crippen LogP contribution in [0, 0.1) is 5.41 Å². The first-order chi connectivity index (χ1) is 14.0. The second-order valence-electron chi connectivity index (χ2n) is 8.56. The molecule has 2 aromatic rings. The Hall–Kier alpha value is -2.60. The quantitative estimate of drug-likeness (QED) is 0.451. The number of nitrogens with zero attached hydrogens (tertiary/aromatic N) is 1. The summed E-state index contributed by atoms with van der Waals surface area (Å²) in [5.74, 6) is 0.129. The molecule has 29 heavy (non-hydrogen) atoms. The first kappa shape index (κ1) is 19.7. The normalized spacial score (nSPS) is 17.3. The SMILES string of the molecule is CC(C)N1Cc2ccc(NC(=N)c3c(NC4CCCCC4)cc[nH]c3=O)cc2C1. The molecule has 1 aliphatic carbocycles. The number of pyridine rings is 1. The highest BCUT2D eigenvalue weighted by Gasteiger charge is 2.22. The van der Waals surface area contributed by atoms with Crippen molar-refractivity contribution in [3.8, 4) is 0 Å². The average molecular weight is 394 g/mol. The number of amidine groups is 1. The molecule has 0 bridgehead atoms. The van der Waals surface area contributed by atoms with E-state index in [1.807, 2.05) is 12.1 Å². The van der Waals surface area contributed by atoms with Crippen molar-refractivity contribution < 1.29 is 0 Å². The third-order valence-electron chi connectivity index (χ3n) is 6.13. The summed E-state index contributed by atoms with van der Waals surface area (Å²) in [6.45, 7) is 6.32. The first-order valence-corrected chi connectivity index (χ1v) is 10.7. The van der Waals surface area contributed by atoms with Crippen LogP contribution in [-0.4, -0.2) is 27.8 Å². The lowest BCUT2D eigenvalue weighted by atomic mass is 9.95. The molecule has 4 rings (SSSR count). The predicted molar refractivity (Wildman–Crippen MR) is 119 cm³/mol. The highest BCUT2D eigenvalue weighted by Crippen LogP contribution is 2.28. The van der Waals surface area contributed by atoms with E-state index in [0.717, 1.165) is 37.3 Å². The summed E-state index contributed by atoms with van der Waals surface area (Å²) in [5, 5.41) is 15.3. The Kier molecular flexibility index (Phi) is 5.72. The zero-order valence-electron chi connectivity index (χ0n) is 17.3. The molecular formula is C23H31N5O. The third kappa shape index (κ3) is 4.37. The molecular weight excluding hydrogens is 362 g/mol. The smallest absolute Gasteiger partial charge is 0.261 e. The maximum absolute atomic E-state index is 12.5. The number of fused-ring (bicyclic) bond motifs is 1. The van der Waals surface area contributed by atoms with Gasteiger partial charge in [0.1, 0.15) is 11.4 Å². The third-order valence-corrected chi connectivity index (χ3v) is 6.13. The van der Waals surface area contributed by atoms with Gasteiger partial charge in [-0.15, -0.1) is 0 Å². The molecule has 1 aromatic heterocycles. The highest BCUT2D eigenvalue weighted by atomic mass is 16.1. The van der Waals surface area contributed by atoms with Crippen LogP contribution in [0.2, 0.25) is 0 Å². The predicted octanol–water partition coefficient (Wildman–Crippen LogP) is 4.28. The Morgan fingerprint density at radius 3 is 2.66 bits per heavy atom. The van der Waals surface area contributed by atoms with E-state index < -0.39 is 0 Å². The summed E-state index contributed by atoms with van der Waals surface area (Å²) >= 11 is 0. The number of aromatic amines is 1. The fourth-order valence-electron chi connectivity index (χ4n) is 4.38. The van der Waals surface area contributed by atoms with Crippen molar-refractivity contribution in [1.29, 1.82) is 5.41 Å². The van der Waals surface area contributed by atoms with Crippen molar-refractivity contribution in [2.45, 2.75) is 71.1 Å². The fourth-order valence-corrected chi connectivity index (χ4v) is 4.38. The van der Waals surface area contributed by atoms with E-state index >= 15 is 0 Å². The molecule has 0 unspecified atom stereocenters. The Morgan fingerprint density at radius 2 is 1.90 bits per heavy atom. The zero-order chi connectivity index (χ0) is 20.4. The minimum Gasteiger partial charge on any atom is -0.382 e. The van der Waals surface area contributed by atoms with E-state index in [9.17, 15) is 4.79 Å². The maximum atomic E-state index is 12.5. The number of aromatic nitrogens is 1. The van der Waals surface area contributed by atoms with Crippen LogP contribution >= 0.6 is 0 Å². The highest BCUT2D eigenvalue weighted by molar-refractivity contribution is 6.09. The van der Waals surface area contributed by atoms with Gasteiger partial charge >= 0.3 is 0 Å². The van der Waals surface area contributed by atoms with Gasteiger partial charge < -0.3 is 15.6 Å². The number of H-pyrrole nitrogens is 1. The van der Waals surface area contributed by atoms with Crippen LogP contribution < -0.4 is 16.2 Å². The van der Waals surface area contributed by atoms with E-state index in [4.69, 9.17) is 5.41 Å². The minimum absolute atomic E-state index is 0.129. The molecule has 1 aromatic carbocycles. The molecule has 1 aliphatic heterocycles. The second kappa shape index (κ2) is 8.41. The lowest BCUT2D eigenvalue weighted by Gasteiger charge is -2.25. The van der Waals surface area contributed by atoms with Crippen LogP contribution in [0.25, 0.3) is 0 Å². The van der Waals surface area contributed by atoms with E-state index in [-0.39, 0.29) is 11.4 Å². The average Bonchev–Trinajstić information content (AvgIpc) is 3.12. The van der Waals surface area contributed by atoms with Crippen LogP contribution in [0.3, 0.4) is 0 Å². The summed E-state index contributed by atoms with van der Waals surface area (Å²) < 4.78 is 0. The van der Waals surface area contributed by atoms with Crippen molar-refractivity contribution in [2.75, 3.05) is 10.6 Å². The van der Waals surface area contributed by atoms with Crippen molar-refractivity contribution in [3.63, 3.8) is 0 Å². The molecule has 4 N–H and O–H groups in total. The van der Waals surface area contributed by atoms with Crippen molar-refractivity contribution in [2.24, 2.45) is 0 Å². The molecule has 0 amide bonds. The van der Waals surface area contributed by atoms with Crippen LogP contribution in [0.5, 0.6) is 0 Å². The molecule has 2 heterocycles. The number of hydrogen-bond acceptors (Lipinski definition) is 4. The molecule has 1 fully saturated rings. The fraction of sp³-hybridized carbons (Fsp3) is 0.478. The lowest BCUT2D eigenvalue weighted by molar-refractivity contribution is 0.227. The van der Waals surface area contributed by atoms with Crippen LogP contribution in [-0.2, 0) is 13.1 Å². The molecule has 0 atom stereocenters. The maximum Gasteiger partial charge on any atom is 0.261 e. The Labute approximate surface area is 172 Å². The van der Waals surface area contributed by atoms with Gasteiger partial charge in [-0.3, -0.25) is 15.1 Å². The van der Waals surface area contributed by atoms with Gasteiger partial charge in [-0.1, -0.05) is 25.3 Å². The van der Waals surface area contributed by atoms with Gasteiger partial charge in [0.2, 0.25) is 0 Å². The summed E-state index contributed by atoms with van der Waals surface area (Å²) in [5.41, 5.74) is 4.36. The van der Waals surface area contributed by atoms with Crippen molar-refractivity contribution in [1.82, 2.24) is 9.88 Å². The largest absolute Gasteiger partial charge is 0.382 e. The summed E-state index contributed by atoms with van der Waals surface area (Å²) in [4.78, 5) is 17.7. The topological polar surface area (TPSA) is 84.0 Å². The summed E-state index contributed by atoms with van der Waals surface area (Å²) in [7, 11) is 0. The molecule has 0 radical (unpaired) electrons. The van der Waals surface area contributed by atoms with Crippen LogP contribution in [0.1, 0.15) is 62.6 Å². The number of hydrogen-bond donors (Lipinski definition) is 4. The van der Waals surface area contributed by atoms with E-state index in [0.29, 0.717) is 17.6 Å². The standard InChI is InChI=1S/C23H31N5O/c1-15(2)28-13-16-8-9-19(12-17(16)14-28)27-22(24)21-20(10-11-25-23(21)29)26-18-6-4-3-5-7-18/h8-12,15,18H,3-7,13-14H2,1-2H3,(H2,24,27)(H2,25,26,29). The molecule has 154 valence electrons. The van der Waals surface area contributed by atoms with E-state index in [2.05, 4.69) is 46.5 Å². The molecule has 6 heteroatoms. The molecule has 0 saturated heterocycles. The Balaban J connectivity index is 1.52. The lowest BCUT2D eigenvalue weighted by Crippen LogP contribution is -2.29. The Morgan fingerprint density at radius 1 is 1.14 bits per heavy atom. The van der Waals surface area contributed by atoms with Gasteiger partial charge in [0.05, 0.1) is 5.69 Å². The Bertz CT molecular complexity index is 943. The van der Waals surface area contributed by atoms with Gasteiger partial charge in [-0.25, -0.2) is 0 Å². The van der Waals surface area contributed by atoms with Gasteiger partial charge in [0.25, 0.3) is 5.56 Å². The number of anilines is 2. The molecule has 1 saturated carbocycles. The summed E-state index contributed by atoms with van der Waals surface area (Å²) in [6.07, 6.45) is 7.60. The molecule has 0 spiro atoms. The van der Waals surface area contributed by atoms with Gasteiger partial charge in [0, 0.05) is 37.1 Å². The van der Waals surface area contributed by atoms with Crippen molar-refractivity contribution >= 4 is 17.2 Å².